The maximum Gasteiger partial charge on any atom is 0.0751 e. The van der Waals surface area contributed by atoms with E-state index in [9.17, 15) is 0 Å². The van der Waals surface area contributed by atoms with Gasteiger partial charge in [-0.05, 0) is 87.5 Å². The van der Waals surface area contributed by atoms with E-state index in [1.165, 1.54) is 36.0 Å². The Bertz CT molecular complexity index is 1150. The molecule has 2 saturated heterocycles. The van der Waals surface area contributed by atoms with Crippen LogP contribution in [0.2, 0.25) is 0 Å². The standard InChI is InChI=1S/C30H41N5O/c1-4-30(5-2)12-14-35(22-30)29-20-27(23-8-9-24(32-21-23)7-6-13-31-3)33-28-19-25(10-11-26(28)29)34-15-17-36-18-16-34/h8-11,19-21,31H,4-7,12-18,22H2,1-3H3. The summed E-state index contributed by atoms with van der Waals surface area (Å²) in [5.41, 5.74) is 7.26. The summed E-state index contributed by atoms with van der Waals surface area (Å²) in [4.78, 5) is 15.0. The zero-order valence-electron chi connectivity index (χ0n) is 22.2. The first-order valence-corrected chi connectivity index (χ1v) is 13.8. The highest BCUT2D eigenvalue weighted by Gasteiger charge is 2.35. The van der Waals surface area contributed by atoms with Crippen molar-refractivity contribution in [2.24, 2.45) is 5.41 Å². The van der Waals surface area contributed by atoms with Crippen LogP contribution in [0.4, 0.5) is 11.4 Å². The molecule has 0 aliphatic carbocycles. The van der Waals surface area contributed by atoms with Gasteiger partial charge in [0, 0.05) is 60.4 Å². The summed E-state index contributed by atoms with van der Waals surface area (Å²) < 4.78 is 5.58. The van der Waals surface area contributed by atoms with E-state index < -0.39 is 0 Å². The van der Waals surface area contributed by atoms with Crippen LogP contribution in [0, 0.1) is 5.41 Å². The molecule has 36 heavy (non-hydrogen) atoms. The van der Waals surface area contributed by atoms with Gasteiger partial charge < -0.3 is 19.9 Å². The zero-order valence-corrected chi connectivity index (χ0v) is 22.2. The Kier molecular flexibility index (Phi) is 7.73. The SMILES string of the molecule is CCC1(CC)CCN(c2cc(-c3ccc(CCCNC)nc3)nc3cc(N4CCOCC4)ccc23)C1. The van der Waals surface area contributed by atoms with Gasteiger partial charge in [0.15, 0.2) is 0 Å². The molecule has 5 rings (SSSR count). The van der Waals surface area contributed by atoms with E-state index in [0.717, 1.165) is 81.2 Å². The molecule has 4 heterocycles. The van der Waals surface area contributed by atoms with E-state index in [1.54, 1.807) is 0 Å². The smallest absolute Gasteiger partial charge is 0.0751 e. The highest BCUT2D eigenvalue weighted by atomic mass is 16.5. The van der Waals surface area contributed by atoms with Crippen molar-refractivity contribution >= 4 is 22.3 Å². The number of hydrogen-bond donors (Lipinski definition) is 1. The molecular weight excluding hydrogens is 446 g/mol. The van der Waals surface area contributed by atoms with Gasteiger partial charge in [-0.15, -0.1) is 0 Å². The molecule has 3 aromatic rings. The van der Waals surface area contributed by atoms with E-state index in [4.69, 9.17) is 14.7 Å². The number of rotatable bonds is 9. The maximum absolute atomic E-state index is 5.58. The monoisotopic (exact) mass is 487 g/mol. The first-order chi connectivity index (χ1) is 17.6. The number of aryl methyl sites for hydroxylation is 1. The van der Waals surface area contributed by atoms with Gasteiger partial charge in [-0.1, -0.05) is 13.8 Å². The average molecular weight is 488 g/mol. The fourth-order valence-electron chi connectivity index (χ4n) is 5.76. The number of ether oxygens (including phenoxy) is 1. The summed E-state index contributed by atoms with van der Waals surface area (Å²) in [6.07, 6.45) is 7.81. The van der Waals surface area contributed by atoms with Crippen LogP contribution in [-0.2, 0) is 11.2 Å². The predicted octanol–water partition coefficient (Wildman–Crippen LogP) is 5.30. The molecule has 0 amide bonds. The number of nitrogens with zero attached hydrogens (tertiary/aromatic N) is 4. The van der Waals surface area contributed by atoms with Crippen molar-refractivity contribution < 1.29 is 4.74 Å². The molecule has 0 radical (unpaired) electrons. The van der Waals surface area contributed by atoms with Gasteiger partial charge >= 0.3 is 0 Å². The Labute approximate surface area is 216 Å². The molecule has 192 valence electrons. The molecule has 2 fully saturated rings. The molecule has 0 atom stereocenters. The first-order valence-electron chi connectivity index (χ1n) is 13.8. The third-order valence-electron chi connectivity index (χ3n) is 8.41. The molecule has 2 aliphatic rings. The van der Waals surface area contributed by atoms with Crippen LogP contribution >= 0.6 is 0 Å². The molecule has 1 aromatic carbocycles. The van der Waals surface area contributed by atoms with E-state index in [2.05, 4.69) is 65.4 Å². The number of fused-ring (bicyclic) bond motifs is 1. The van der Waals surface area contributed by atoms with E-state index in [0.29, 0.717) is 5.41 Å². The molecule has 0 spiro atoms. The van der Waals surface area contributed by atoms with Crippen LogP contribution in [0.5, 0.6) is 0 Å². The Morgan fingerprint density at radius 3 is 2.53 bits per heavy atom. The van der Waals surface area contributed by atoms with Crippen LogP contribution in [0.15, 0.2) is 42.6 Å². The summed E-state index contributed by atoms with van der Waals surface area (Å²) in [6, 6.07) is 13.5. The van der Waals surface area contributed by atoms with Crippen molar-refractivity contribution in [3.63, 3.8) is 0 Å². The lowest BCUT2D eigenvalue weighted by Crippen LogP contribution is -2.36. The third-order valence-corrected chi connectivity index (χ3v) is 8.41. The molecule has 6 nitrogen and oxygen atoms in total. The fraction of sp³-hybridized carbons (Fsp3) is 0.533. The molecule has 1 N–H and O–H groups in total. The van der Waals surface area contributed by atoms with Crippen molar-refractivity contribution in [2.45, 2.75) is 46.0 Å². The number of benzene rings is 1. The van der Waals surface area contributed by atoms with Crippen molar-refractivity contribution in [3.05, 3.63) is 48.3 Å². The zero-order chi connectivity index (χ0) is 25.0. The Morgan fingerprint density at radius 2 is 1.83 bits per heavy atom. The van der Waals surface area contributed by atoms with E-state index in [-0.39, 0.29) is 0 Å². The second-order valence-corrected chi connectivity index (χ2v) is 10.5. The topological polar surface area (TPSA) is 53.5 Å². The largest absolute Gasteiger partial charge is 0.378 e. The lowest BCUT2D eigenvalue weighted by molar-refractivity contribution is 0.122. The second kappa shape index (κ2) is 11.1. The normalized spacial score (nSPS) is 17.8. The molecular formula is C30H41N5O. The quantitative estimate of drug-likeness (QED) is 0.413. The molecule has 6 heteroatoms. The van der Waals surface area contributed by atoms with Crippen LogP contribution in [-0.4, -0.2) is 63.0 Å². The lowest BCUT2D eigenvalue weighted by Gasteiger charge is -2.30. The third kappa shape index (κ3) is 5.21. The van der Waals surface area contributed by atoms with Crippen LogP contribution in [0.1, 0.15) is 45.2 Å². The van der Waals surface area contributed by atoms with Crippen molar-refractivity contribution in [1.82, 2.24) is 15.3 Å². The summed E-state index contributed by atoms with van der Waals surface area (Å²) in [7, 11) is 2.00. The average Bonchev–Trinajstić information content (AvgIpc) is 3.38. The number of aromatic nitrogens is 2. The summed E-state index contributed by atoms with van der Waals surface area (Å²) >= 11 is 0. The minimum atomic E-state index is 0.417. The number of morpholine rings is 1. The number of pyridine rings is 2. The molecule has 2 aromatic heterocycles. The van der Waals surface area contributed by atoms with Gasteiger partial charge in [-0.25, -0.2) is 4.98 Å². The minimum absolute atomic E-state index is 0.417. The Hall–Kier alpha value is -2.70. The number of nitrogens with one attached hydrogen (secondary N) is 1. The first kappa shape index (κ1) is 25.0. The van der Waals surface area contributed by atoms with Gasteiger partial charge in [0.25, 0.3) is 0 Å². The highest BCUT2D eigenvalue weighted by molar-refractivity contribution is 5.96. The van der Waals surface area contributed by atoms with Gasteiger partial charge in [-0.2, -0.15) is 0 Å². The minimum Gasteiger partial charge on any atom is -0.378 e. The predicted molar refractivity (Wildman–Crippen MR) is 150 cm³/mol. The molecule has 0 unspecified atom stereocenters. The van der Waals surface area contributed by atoms with Gasteiger partial charge in [0.1, 0.15) is 0 Å². The Balaban J connectivity index is 1.53. The van der Waals surface area contributed by atoms with Crippen LogP contribution in [0.3, 0.4) is 0 Å². The molecule has 2 aliphatic heterocycles. The number of anilines is 2. The summed E-state index contributed by atoms with van der Waals surface area (Å²) in [5, 5.41) is 4.46. The van der Waals surface area contributed by atoms with E-state index in [1.807, 2.05) is 13.2 Å². The van der Waals surface area contributed by atoms with Crippen LogP contribution < -0.4 is 15.1 Å². The molecule has 0 saturated carbocycles. The van der Waals surface area contributed by atoms with Crippen LogP contribution in [0.25, 0.3) is 22.2 Å². The second-order valence-electron chi connectivity index (χ2n) is 10.5. The van der Waals surface area contributed by atoms with E-state index >= 15 is 0 Å². The van der Waals surface area contributed by atoms with Crippen molar-refractivity contribution in [2.75, 3.05) is 62.8 Å². The fourth-order valence-corrected chi connectivity index (χ4v) is 5.76. The highest BCUT2D eigenvalue weighted by Crippen LogP contribution is 2.42. The Morgan fingerprint density at radius 1 is 1.00 bits per heavy atom. The summed E-state index contributed by atoms with van der Waals surface area (Å²) in [6.45, 7) is 11.4. The maximum atomic E-state index is 5.58. The van der Waals surface area contributed by atoms with Gasteiger partial charge in [0.05, 0.1) is 24.4 Å². The molecule has 0 bridgehead atoms. The lowest BCUT2D eigenvalue weighted by atomic mass is 9.82. The van der Waals surface area contributed by atoms with Crippen molar-refractivity contribution in [3.8, 4) is 11.3 Å². The van der Waals surface area contributed by atoms with Gasteiger partial charge in [-0.3, -0.25) is 4.98 Å². The summed E-state index contributed by atoms with van der Waals surface area (Å²) in [5.74, 6) is 0. The number of hydrogen-bond acceptors (Lipinski definition) is 6. The van der Waals surface area contributed by atoms with Crippen molar-refractivity contribution in [1.29, 1.82) is 0 Å². The van der Waals surface area contributed by atoms with Gasteiger partial charge in [0.2, 0.25) is 0 Å².